The first kappa shape index (κ1) is 34.6. The Hall–Kier alpha value is -8.28. The lowest BCUT2D eigenvalue weighted by molar-refractivity contribution is 0.668. The van der Waals surface area contributed by atoms with Crippen LogP contribution in [0.1, 0.15) is 22.3 Å². The number of furan rings is 1. The van der Waals surface area contributed by atoms with Crippen molar-refractivity contribution in [2.75, 3.05) is 0 Å². The molecule has 0 N–H and O–H groups in total. The standard InChI is InChI=1S/C57H34N4O/c1-2-13-35(14-3-1)50-32-51(61-56(60-50)38-25-28-49(59-34-38)37-15-12-30-58-33-37)36-24-26-42-40-17-5-4-16-39(40)41-18-6-9-21-45(41)57(48(42)31-36)46-22-10-7-19-43(46)54-47(57)27-29-53-55(54)44-20-8-11-23-52(44)62-53/h1-34H. The smallest absolute Gasteiger partial charge is 0.161 e. The number of hydrogen-bond donors (Lipinski definition) is 0. The minimum Gasteiger partial charge on any atom is -0.456 e. The summed E-state index contributed by atoms with van der Waals surface area (Å²) in [4.78, 5) is 19.7. The first-order valence-electron chi connectivity index (χ1n) is 20.9. The van der Waals surface area contributed by atoms with Crippen LogP contribution in [0, 0.1) is 0 Å². The maximum atomic E-state index is 6.56. The first-order valence-corrected chi connectivity index (χ1v) is 20.9. The van der Waals surface area contributed by atoms with Crippen molar-refractivity contribution in [1.29, 1.82) is 0 Å². The van der Waals surface area contributed by atoms with Crippen LogP contribution in [0.5, 0.6) is 0 Å². The molecule has 0 saturated heterocycles. The molecule has 1 spiro atoms. The third-order valence-electron chi connectivity index (χ3n) is 12.9. The van der Waals surface area contributed by atoms with Gasteiger partial charge in [-0.3, -0.25) is 9.97 Å². The number of pyridine rings is 2. The average Bonchev–Trinajstić information content (AvgIpc) is 3.85. The molecular weight excluding hydrogens is 757 g/mol. The fourth-order valence-electron chi connectivity index (χ4n) is 10.2. The van der Waals surface area contributed by atoms with Gasteiger partial charge < -0.3 is 4.42 Å². The Labute approximate surface area is 357 Å². The van der Waals surface area contributed by atoms with Crippen LogP contribution in [0.25, 0.3) is 100 Å². The molecule has 0 amide bonds. The van der Waals surface area contributed by atoms with Gasteiger partial charge in [-0.15, -0.1) is 0 Å². The summed E-state index contributed by atoms with van der Waals surface area (Å²) in [6.45, 7) is 0. The number of fused-ring (bicyclic) bond motifs is 16. The molecule has 2 aliphatic rings. The van der Waals surface area contributed by atoms with Gasteiger partial charge >= 0.3 is 0 Å². The second kappa shape index (κ2) is 13.4. The van der Waals surface area contributed by atoms with E-state index in [-0.39, 0.29) is 0 Å². The van der Waals surface area contributed by atoms with Crippen LogP contribution in [0.15, 0.2) is 211 Å². The summed E-state index contributed by atoms with van der Waals surface area (Å²) >= 11 is 0. The Morgan fingerprint density at radius 3 is 1.82 bits per heavy atom. The van der Waals surface area contributed by atoms with Gasteiger partial charge in [0.1, 0.15) is 11.2 Å². The first-order chi connectivity index (χ1) is 30.7. The van der Waals surface area contributed by atoms with Gasteiger partial charge in [-0.05, 0) is 104 Å². The highest BCUT2D eigenvalue weighted by atomic mass is 16.3. The van der Waals surface area contributed by atoms with Crippen molar-refractivity contribution in [2.45, 2.75) is 5.41 Å². The predicted octanol–water partition coefficient (Wildman–Crippen LogP) is 13.8. The molecule has 288 valence electrons. The van der Waals surface area contributed by atoms with Crippen molar-refractivity contribution in [2.24, 2.45) is 0 Å². The van der Waals surface area contributed by atoms with Crippen molar-refractivity contribution in [3.8, 4) is 78.5 Å². The summed E-state index contributed by atoms with van der Waals surface area (Å²) in [7, 11) is 0. The highest BCUT2D eigenvalue weighted by molar-refractivity contribution is 6.16. The third-order valence-corrected chi connectivity index (χ3v) is 12.9. The zero-order valence-electron chi connectivity index (χ0n) is 33.3. The number of aromatic nitrogens is 4. The van der Waals surface area contributed by atoms with E-state index in [1.54, 1.807) is 6.20 Å². The molecule has 0 fully saturated rings. The van der Waals surface area contributed by atoms with Gasteiger partial charge in [0.25, 0.3) is 0 Å². The van der Waals surface area contributed by atoms with Crippen LogP contribution >= 0.6 is 0 Å². The van der Waals surface area contributed by atoms with Gasteiger partial charge in [0, 0.05) is 51.6 Å². The van der Waals surface area contributed by atoms with Crippen LogP contribution in [-0.4, -0.2) is 19.9 Å². The Morgan fingerprint density at radius 2 is 1.05 bits per heavy atom. The molecule has 5 heteroatoms. The van der Waals surface area contributed by atoms with Crippen LogP contribution < -0.4 is 0 Å². The van der Waals surface area contributed by atoms with Crippen LogP contribution in [-0.2, 0) is 5.41 Å². The highest BCUT2D eigenvalue weighted by Crippen LogP contribution is 2.63. The van der Waals surface area contributed by atoms with Gasteiger partial charge in [-0.2, -0.15) is 0 Å². The molecule has 4 heterocycles. The Balaban J connectivity index is 1.11. The van der Waals surface area contributed by atoms with Crippen molar-refractivity contribution in [1.82, 2.24) is 19.9 Å². The van der Waals surface area contributed by atoms with E-state index in [1.165, 1.54) is 55.6 Å². The van der Waals surface area contributed by atoms with E-state index < -0.39 is 5.41 Å². The largest absolute Gasteiger partial charge is 0.456 e. The molecule has 5 nitrogen and oxygen atoms in total. The van der Waals surface area contributed by atoms with E-state index in [1.807, 2.05) is 42.7 Å². The lowest BCUT2D eigenvalue weighted by Crippen LogP contribution is -2.29. The van der Waals surface area contributed by atoms with Gasteiger partial charge in [-0.25, -0.2) is 9.97 Å². The summed E-state index contributed by atoms with van der Waals surface area (Å²) in [5.41, 5.74) is 19.6. The maximum absolute atomic E-state index is 6.56. The van der Waals surface area contributed by atoms with Gasteiger partial charge in [0.2, 0.25) is 0 Å². The molecule has 7 aromatic carbocycles. The molecule has 62 heavy (non-hydrogen) atoms. The monoisotopic (exact) mass is 790 g/mol. The Morgan fingerprint density at radius 1 is 0.387 bits per heavy atom. The summed E-state index contributed by atoms with van der Waals surface area (Å²) in [6, 6.07) is 67.2. The van der Waals surface area contributed by atoms with Crippen LogP contribution in [0.4, 0.5) is 0 Å². The molecule has 4 aromatic heterocycles. The highest BCUT2D eigenvalue weighted by Gasteiger charge is 2.50. The second-order valence-electron chi connectivity index (χ2n) is 16.1. The molecule has 1 unspecified atom stereocenters. The fourth-order valence-corrected chi connectivity index (χ4v) is 10.2. The molecule has 2 aliphatic carbocycles. The topological polar surface area (TPSA) is 64.7 Å². The number of nitrogens with zero attached hydrogens (tertiary/aromatic N) is 4. The summed E-state index contributed by atoms with van der Waals surface area (Å²) in [5, 5.41) is 2.27. The molecule has 0 radical (unpaired) electrons. The van der Waals surface area contributed by atoms with Crippen molar-refractivity contribution in [3.05, 3.63) is 229 Å². The fraction of sp³-hybridized carbons (Fsp3) is 0.0175. The molecule has 1 atom stereocenters. The molecule has 0 bridgehead atoms. The van der Waals surface area contributed by atoms with Crippen molar-refractivity contribution < 1.29 is 4.42 Å². The predicted molar refractivity (Wildman–Crippen MR) is 248 cm³/mol. The number of rotatable bonds is 4. The SMILES string of the molecule is c1ccc(-c2cc(-c3ccc4c(c3)C3(c5ccccc5-c5ccccc5-4)c4ccccc4-c4c3ccc3oc5ccccc5c43)nc(-c3ccc(-c4cccnc4)nc3)n2)cc1. The summed E-state index contributed by atoms with van der Waals surface area (Å²) in [6.07, 6.45) is 5.47. The second-order valence-corrected chi connectivity index (χ2v) is 16.1. The molecule has 0 saturated carbocycles. The Bertz CT molecular complexity index is 3580. The third kappa shape index (κ3) is 4.96. The summed E-state index contributed by atoms with van der Waals surface area (Å²) in [5.74, 6) is 0.609. The van der Waals surface area contributed by atoms with Gasteiger partial charge in [0.05, 0.1) is 22.5 Å². The van der Waals surface area contributed by atoms with Gasteiger partial charge in [-0.1, -0.05) is 140 Å². The van der Waals surface area contributed by atoms with E-state index >= 15 is 0 Å². The van der Waals surface area contributed by atoms with Gasteiger partial charge in [0.15, 0.2) is 5.82 Å². The van der Waals surface area contributed by atoms with E-state index in [0.29, 0.717) is 5.82 Å². The van der Waals surface area contributed by atoms with Crippen molar-refractivity contribution >= 4 is 21.9 Å². The van der Waals surface area contributed by atoms with E-state index in [4.69, 9.17) is 19.4 Å². The number of benzene rings is 7. The van der Waals surface area contributed by atoms with Crippen molar-refractivity contribution in [3.63, 3.8) is 0 Å². The van der Waals surface area contributed by atoms with Crippen LogP contribution in [0.2, 0.25) is 0 Å². The summed E-state index contributed by atoms with van der Waals surface area (Å²) < 4.78 is 6.56. The number of para-hydroxylation sites is 1. The Kier molecular flexibility index (Phi) is 7.45. The maximum Gasteiger partial charge on any atom is 0.161 e. The van der Waals surface area contributed by atoms with E-state index in [0.717, 1.165) is 61.3 Å². The zero-order valence-corrected chi connectivity index (χ0v) is 33.3. The van der Waals surface area contributed by atoms with Crippen LogP contribution in [0.3, 0.4) is 0 Å². The molecule has 13 rings (SSSR count). The van der Waals surface area contributed by atoms with E-state index in [9.17, 15) is 0 Å². The quantitative estimate of drug-likeness (QED) is 0.178. The minimum absolute atomic E-state index is 0.609. The molecule has 0 aliphatic heterocycles. The average molecular weight is 791 g/mol. The van der Waals surface area contributed by atoms with E-state index in [2.05, 4.69) is 163 Å². The molecule has 11 aromatic rings. The normalized spacial score (nSPS) is 14.5. The molecular formula is C57H34N4O. The zero-order chi connectivity index (χ0) is 40.8. The lowest BCUT2D eigenvalue weighted by atomic mass is 9.65. The lowest BCUT2D eigenvalue weighted by Gasteiger charge is -2.35. The minimum atomic E-state index is -0.691. The number of hydrogen-bond acceptors (Lipinski definition) is 5.